The second-order valence-electron chi connectivity index (χ2n) is 5.01. The summed E-state index contributed by atoms with van der Waals surface area (Å²) in [5, 5.41) is 3.61. The van der Waals surface area contributed by atoms with Crippen molar-refractivity contribution in [3.63, 3.8) is 0 Å². The van der Waals surface area contributed by atoms with Crippen molar-refractivity contribution in [2.24, 2.45) is 0 Å². The van der Waals surface area contributed by atoms with Crippen LogP contribution in [0.2, 0.25) is 0 Å². The predicted molar refractivity (Wildman–Crippen MR) is 69.8 cm³/mol. The molecule has 0 atom stereocenters. The van der Waals surface area contributed by atoms with E-state index < -0.39 is 0 Å². The molecule has 1 rings (SSSR count). The van der Waals surface area contributed by atoms with Crippen LogP contribution in [0.5, 0.6) is 0 Å². The lowest BCUT2D eigenvalue weighted by molar-refractivity contribution is 0.0206. The van der Waals surface area contributed by atoms with E-state index in [1.54, 1.807) is 0 Å². The molecule has 1 fully saturated rings. The van der Waals surface area contributed by atoms with Crippen LogP contribution in [-0.4, -0.2) is 25.3 Å². The Morgan fingerprint density at radius 3 is 2.38 bits per heavy atom. The highest BCUT2D eigenvalue weighted by Crippen LogP contribution is 2.21. The molecule has 1 aliphatic rings. The van der Waals surface area contributed by atoms with Crippen molar-refractivity contribution < 1.29 is 4.74 Å². The fourth-order valence-electron chi connectivity index (χ4n) is 2.38. The topological polar surface area (TPSA) is 21.3 Å². The average Bonchev–Trinajstić information content (AvgIpc) is 2.33. The van der Waals surface area contributed by atoms with E-state index in [0.29, 0.717) is 6.10 Å². The smallest absolute Gasteiger partial charge is 0.0576 e. The Balaban J connectivity index is 1.98. The van der Waals surface area contributed by atoms with E-state index in [4.69, 9.17) is 4.74 Å². The Bertz CT molecular complexity index is 153. The van der Waals surface area contributed by atoms with Crippen molar-refractivity contribution in [3.05, 3.63) is 0 Å². The lowest BCUT2D eigenvalue weighted by atomic mass is 9.93. The number of hydrogen-bond acceptors (Lipinski definition) is 2. The standard InChI is InChI=1S/C14H29NO/c1-3-5-6-12-16-14-9-7-13(8-10-14)15-11-4-2/h13-15H,3-12H2,1-2H3. The second kappa shape index (κ2) is 9.00. The van der Waals surface area contributed by atoms with Gasteiger partial charge in [0.15, 0.2) is 0 Å². The summed E-state index contributed by atoms with van der Waals surface area (Å²) >= 11 is 0. The van der Waals surface area contributed by atoms with Crippen molar-refractivity contribution in [2.45, 2.75) is 77.4 Å². The van der Waals surface area contributed by atoms with Crippen LogP contribution in [0.15, 0.2) is 0 Å². The van der Waals surface area contributed by atoms with Gasteiger partial charge in [-0.25, -0.2) is 0 Å². The fraction of sp³-hybridized carbons (Fsp3) is 1.00. The fourth-order valence-corrected chi connectivity index (χ4v) is 2.38. The van der Waals surface area contributed by atoms with Gasteiger partial charge in [0.1, 0.15) is 0 Å². The van der Waals surface area contributed by atoms with E-state index in [1.807, 2.05) is 0 Å². The summed E-state index contributed by atoms with van der Waals surface area (Å²) in [6.45, 7) is 6.62. The van der Waals surface area contributed by atoms with Crippen LogP contribution < -0.4 is 5.32 Å². The van der Waals surface area contributed by atoms with Crippen molar-refractivity contribution in [3.8, 4) is 0 Å². The molecule has 0 aromatic carbocycles. The minimum atomic E-state index is 0.552. The SMILES string of the molecule is CCCCCOC1CCC(NCCC)CC1. The summed E-state index contributed by atoms with van der Waals surface area (Å²) in [4.78, 5) is 0. The molecule has 0 radical (unpaired) electrons. The van der Waals surface area contributed by atoms with E-state index in [1.165, 1.54) is 57.9 Å². The summed E-state index contributed by atoms with van der Waals surface area (Å²) in [5.41, 5.74) is 0. The van der Waals surface area contributed by atoms with E-state index in [2.05, 4.69) is 19.2 Å². The molecule has 0 amide bonds. The Labute approximate surface area is 101 Å². The zero-order chi connectivity index (χ0) is 11.6. The van der Waals surface area contributed by atoms with Gasteiger partial charge in [-0.1, -0.05) is 26.7 Å². The third-order valence-electron chi connectivity index (χ3n) is 3.46. The Morgan fingerprint density at radius 2 is 1.75 bits per heavy atom. The molecule has 0 spiro atoms. The van der Waals surface area contributed by atoms with Gasteiger partial charge in [0, 0.05) is 12.6 Å². The highest BCUT2D eigenvalue weighted by Gasteiger charge is 2.20. The van der Waals surface area contributed by atoms with E-state index in [-0.39, 0.29) is 0 Å². The maximum atomic E-state index is 5.91. The van der Waals surface area contributed by atoms with Gasteiger partial charge in [-0.05, 0) is 45.1 Å². The number of unbranched alkanes of at least 4 members (excludes halogenated alkanes) is 2. The molecule has 0 unspecified atom stereocenters. The molecule has 0 bridgehead atoms. The van der Waals surface area contributed by atoms with Gasteiger partial charge in [-0.2, -0.15) is 0 Å². The van der Waals surface area contributed by atoms with Crippen molar-refractivity contribution in [2.75, 3.05) is 13.2 Å². The summed E-state index contributed by atoms with van der Waals surface area (Å²) in [6, 6.07) is 0.760. The maximum absolute atomic E-state index is 5.91. The van der Waals surface area contributed by atoms with Gasteiger partial charge in [-0.15, -0.1) is 0 Å². The summed E-state index contributed by atoms with van der Waals surface area (Å²) in [5.74, 6) is 0. The van der Waals surface area contributed by atoms with Gasteiger partial charge >= 0.3 is 0 Å². The van der Waals surface area contributed by atoms with E-state index in [9.17, 15) is 0 Å². The first-order chi connectivity index (χ1) is 7.86. The molecule has 1 aliphatic carbocycles. The van der Waals surface area contributed by atoms with Crippen LogP contribution in [0.3, 0.4) is 0 Å². The maximum Gasteiger partial charge on any atom is 0.0576 e. The number of ether oxygens (including phenoxy) is 1. The largest absolute Gasteiger partial charge is 0.378 e. The van der Waals surface area contributed by atoms with Crippen LogP contribution in [0.1, 0.15) is 65.2 Å². The lowest BCUT2D eigenvalue weighted by Crippen LogP contribution is -2.35. The number of hydrogen-bond donors (Lipinski definition) is 1. The van der Waals surface area contributed by atoms with E-state index >= 15 is 0 Å². The molecule has 2 heteroatoms. The average molecular weight is 227 g/mol. The Morgan fingerprint density at radius 1 is 1.00 bits per heavy atom. The minimum Gasteiger partial charge on any atom is -0.378 e. The molecule has 1 N–H and O–H groups in total. The van der Waals surface area contributed by atoms with Gasteiger partial charge in [0.2, 0.25) is 0 Å². The molecular weight excluding hydrogens is 198 g/mol. The van der Waals surface area contributed by atoms with Crippen LogP contribution >= 0.6 is 0 Å². The molecule has 0 saturated heterocycles. The van der Waals surface area contributed by atoms with Gasteiger partial charge in [0.25, 0.3) is 0 Å². The number of nitrogens with one attached hydrogen (secondary N) is 1. The van der Waals surface area contributed by atoms with Gasteiger partial charge < -0.3 is 10.1 Å². The molecule has 2 nitrogen and oxygen atoms in total. The third kappa shape index (κ3) is 5.86. The van der Waals surface area contributed by atoms with Crippen LogP contribution in [0, 0.1) is 0 Å². The van der Waals surface area contributed by atoms with Crippen molar-refractivity contribution in [1.82, 2.24) is 5.32 Å². The lowest BCUT2D eigenvalue weighted by Gasteiger charge is -2.29. The van der Waals surface area contributed by atoms with Crippen LogP contribution in [-0.2, 0) is 4.74 Å². The van der Waals surface area contributed by atoms with Crippen LogP contribution in [0.25, 0.3) is 0 Å². The second-order valence-corrected chi connectivity index (χ2v) is 5.01. The van der Waals surface area contributed by atoms with Crippen LogP contribution in [0.4, 0.5) is 0 Å². The first-order valence-corrected chi connectivity index (χ1v) is 7.21. The highest BCUT2D eigenvalue weighted by molar-refractivity contribution is 4.77. The molecule has 0 aromatic heterocycles. The zero-order valence-corrected chi connectivity index (χ0v) is 11.1. The Kier molecular flexibility index (Phi) is 7.87. The predicted octanol–water partition coefficient (Wildman–Crippen LogP) is 3.50. The molecule has 96 valence electrons. The monoisotopic (exact) mass is 227 g/mol. The molecule has 0 heterocycles. The molecular formula is C14H29NO. The normalized spacial score (nSPS) is 25.9. The summed E-state index contributed by atoms with van der Waals surface area (Å²) < 4.78 is 5.91. The first-order valence-electron chi connectivity index (χ1n) is 7.21. The first kappa shape index (κ1) is 14.0. The summed E-state index contributed by atoms with van der Waals surface area (Å²) in [6.07, 6.45) is 10.8. The molecule has 16 heavy (non-hydrogen) atoms. The zero-order valence-electron chi connectivity index (χ0n) is 11.1. The Hall–Kier alpha value is -0.0800. The van der Waals surface area contributed by atoms with Gasteiger partial charge in [0.05, 0.1) is 6.10 Å². The molecule has 1 saturated carbocycles. The van der Waals surface area contributed by atoms with Crippen molar-refractivity contribution >= 4 is 0 Å². The van der Waals surface area contributed by atoms with E-state index in [0.717, 1.165) is 12.6 Å². The van der Waals surface area contributed by atoms with Gasteiger partial charge in [-0.3, -0.25) is 0 Å². The molecule has 0 aliphatic heterocycles. The third-order valence-corrected chi connectivity index (χ3v) is 3.46. The quantitative estimate of drug-likeness (QED) is 0.641. The minimum absolute atomic E-state index is 0.552. The van der Waals surface area contributed by atoms with Crippen molar-refractivity contribution in [1.29, 1.82) is 0 Å². The molecule has 0 aromatic rings. The highest BCUT2D eigenvalue weighted by atomic mass is 16.5. The summed E-state index contributed by atoms with van der Waals surface area (Å²) in [7, 11) is 0. The number of rotatable bonds is 8.